The van der Waals surface area contributed by atoms with E-state index in [9.17, 15) is 8.42 Å². The van der Waals surface area contributed by atoms with Crippen LogP contribution < -0.4 is 10.1 Å². The molecule has 0 unspecified atom stereocenters. The fraction of sp³-hybridized carbons (Fsp3) is 0.636. The van der Waals surface area contributed by atoms with Crippen LogP contribution in [0, 0.1) is 0 Å². The van der Waals surface area contributed by atoms with Gasteiger partial charge in [-0.05, 0) is 6.42 Å². The molecule has 7 heteroatoms. The van der Waals surface area contributed by atoms with E-state index in [2.05, 4.69) is 15.3 Å². The third-order valence-corrected chi connectivity index (χ3v) is 3.96. The normalized spacial score (nSPS) is 11.2. The second-order valence-corrected chi connectivity index (χ2v) is 6.23. The Bertz CT molecular complexity index is 462. The van der Waals surface area contributed by atoms with E-state index >= 15 is 0 Å². The molecule has 0 aliphatic carbocycles. The summed E-state index contributed by atoms with van der Waals surface area (Å²) in [7, 11) is -2.95. The van der Waals surface area contributed by atoms with Crippen LogP contribution in [-0.4, -0.2) is 43.0 Å². The van der Waals surface area contributed by atoms with Gasteiger partial charge < -0.3 is 10.1 Å². The lowest BCUT2D eigenvalue weighted by Crippen LogP contribution is -2.17. The maximum absolute atomic E-state index is 11.3. The number of rotatable bonds is 8. The number of ether oxygens (including phenoxy) is 1. The van der Waals surface area contributed by atoms with Crippen molar-refractivity contribution in [2.75, 3.05) is 30.0 Å². The molecule has 6 nitrogen and oxygen atoms in total. The minimum atomic E-state index is -2.95. The number of hydrogen-bond acceptors (Lipinski definition) is 6. The van der Waals surface area contributed by atoms with Crippen molar-refractivity contribution in [3.05, 3.63) is 12.4 Å². The van der Waals surface area contributed by atoms with Crippen LogP contribution in [0.5, 0.6) is 5.88 Å². The second kappa shape index (κ2) is 7.15. The minimum Gasteiger partial charge on any atom is -0.478 e. The average Bonchev–Trinajstić information content (AvgIpc) is 2.37. The number of aromatic nitrogens is 2. The number of hydrogen-bond donors (Lipinski definition) is 1. The monoisotopic (exact) mass is 273 g/mol. The molecule has 0 atom stereocenters. The molecule has 0 aliphatic rings. The first-order valence-electron chi connectivity index (χ1n) is 5.96. The van der Waals surface area contributed by atoms with Crippen LogP contribution in [0.4, 0.5) is 5.82 Å². The molecule has 1 aromatic heterocycles. The number of nitrogens with zero attached hydrogens (tertiary/aromatic N) is 2. The highest BCUT2D eigenvalue weighted by atomic mass is 32.2. The van der Waals surface area contributed by atoms with Gasteiger partial charge in [-0.15, -0.1) is 0 Å². The molecule has 1 rings (SSSR count). The number of nitrogens with one attached hydrogen (secondary N) is 1. The first kappa shape index (κ1) is 14.7. The molecule has 102 valence electrons. The summed E-state index contributed by atoms with van der Waals surface area (Å²) in [5.74, 6) is 1.32. The van der Waals surface area contributed by atoms with Gasteiger partial charge in [0.2, 0.25) is 5.88 Å². The Balaban J connectivity index is 2.47. The Morgan fingerprint density at radius 1 is 1.33 bits per heavy atom. The van der Waals surface area contributed by atoms with Crippen LogP contribution in [0.1, 0.15) is 20.3 Å². The first-order chi connectivity index (χ1) is 8.57. The third-order valence-electron chi connectivity index (χ3n) is 2.26. The molecule has 0 fully saturated rings. The third kappa shape index (κ3) is 5.31. The van der Waals surface area contributed by atoms with Crippen LogP contribution >= 0.6 is 0 Å². The highest BCUT2D eigenvalue weighted by molar-refractivity contribution is 7.91. The van der Waals surface area contributed by atoms with Crippen molar-refractivity contribution in [1.82, 2.24) is 9.97 Å². The Hall–Kier alpha value is -1.37. The van der Waals surface area contributed by atoms with E-state index in [0.29, 0.717) is 24.8 Å². The fourth-order valence-electron chi connectivity index (χ4n) is 1.20. The van der Waals surface area contributed by atoms with Crippen LogP contribution in [0.25, 0.3) is 0 Å². The van der Waals surface area contributed by atoms with Crippen LogP contribution in [-0.2, 0) is 9.84 Å². The van der Waals surface area contributed by atoms with Gasteiger partial charge in [0.15, 0.2) is 9.84 Å². The van der Waals surface area contributed by atoms with Gasteiger partial charge in [0.25, 0.3) is 0 Å². The van der Waals surface area contributed by atoms with Crippen LogP contribution in [0.3, 0.4) is 0 Å². The maximum atomic E-state index is 11.3. The fourth-order valence-corrected chi connectivity index (χ4v) is 1.90. The van der Waals surface area contributed by atoms with E-state index in [1.54, 1.807) is 13.0 Å². The van der Waals surface area contributed by atoms with Crippen LogP contribution in [0.2, 0.25) is 0 Å². The van der Waals surface area contributed by atoms with Gasteiger partial charge in [0.1, 0.15) is 12.1 Å². The first-order valence-corrected chi connectivity index (χ1v) is 7.78. The zero-order chi connectivity index (χ0) is 13.4. The summed E-state index contributed by atoms with van der Waals surface area (Å²) < 4.78 is 28.0. The molecule has 0 bridgehead atoms. The molecule has 0 saturated carbocycles. The van der Waals surface area contributed by atoms with Crippen LogP contribution in [0.15, 0.2) is 12.4 Å². The lowest BCUT2D eigenvalue weighted by Gasteiger charge is -2.07. The topological polar surface area (TPSA) is 81.2 Å². The summed E-state index contributed by atoms with van der Waals surface area (Å²) in [4.78, 5) is 7.95. The van der Waals surface area contributed by atoms with Crippen molar-refractivity contribution in [2.45, 2.75) is 20.3 Å². The van der Waals surface area contributed by atoms with Crippen molar-refractivity contribution >= 4 is 15.7 Å². The predicted octanol–water partition coefficient (Wildman–Crippen LogP) is 1.11. The van der Waals surface area contributed by atoms with E-state index < -0.39 is 9.84 Å². The van der Waals surface area contributed by atoms with E-state index in [-0.39, 0.29) is 11.5 Å². The number of anilines is 1. The Kier molecular flexibility index (Phi) is 5.84. The van der Waals surface area contributed by atoms with Crippen molar-refractivity contribution in [3.8, 4) is 5.88 Å². The molecule has 1 aromatic rings. The molecule has 0 amide bonds. The van der Waals surface area contributed by atoms with Crippen molar-refractivity contribution in [3.63, 3.8) is 0 Å². The molecule has 1 N–H and O–H groups in total. The largest absolute Gasteiger partial charge is 0.478 e. The summed E-state index contributed by atoms with van der Waals surface area (Å²) in [6, 6.07) is 1.66. The quantitative estimate of drug-likeness (QED) is 0.764. The van der Waals surface area contributed by atoms with E-state index in [1.165, 1.54) is 6.33 Å². The van der Waals surface area contributed by atoms with E-state index in [0.717, 1.165) is 6.42 Å². The predicted molar refractivity (Wildman–Crippen MR) is 70.6 cm³/mol. The summed E-state index contributed by atoms with van der Waals surface area (Å²) in [6.07, 6.45) is 2.29. The summed E-state index contributed by atoms with van der Waals surface area (Å²) >= 11 is 0. The molecule has 0 aromatic carbocycles. The minimum absolute atomic E-state index is 0.0959. The molecule has 0 aliphatic heterocycles. The molecule has 0 radical (unpaired) electrons. The van der Waals surface area contributed by atoms with Gasteiger partial charge in [0, 0.05) is 18.4 Å². The van der Waals surface area contributed by atoms with Gasteiger partial charge in [0.05, 0.1) is 12.4 Å². The zero-order valence-electron chi connectivity index (χ0n) is 10.7. The highest BCUT2D eigenvalue weighted by Gasteiger charge is 2.07. The van der Waals surface area contributed by atoms with E-state index in [1.807, 2.05) is 6.92 Å². The Morgan fingerprint density at radius 2 is 2.11 bits per heavy atom. The van der Waals surface area contributed by atoms with Crippen molar-refractivity contribution in [2.24, 2.45) is 0 Å². The van der Waals surface area contributed by atoms with Crippen molar-refractivity contribution in [1.29, 1.82) is 0 Å². The second-order valence-electron chi connectivity index (χ2n) is 3.75. The van der Waals surface area contributed by atoms with Crippen molar-refractivity contribution < 1.29 is 13.2 Å². The highest BCUT2D eigenvalue weighted by Crippen LogP contribution is 2.10. The average molecular weight is 273 g/mol. The molecule has 1 heterocycles. The summed E-state index contributed by atoms with van der Waals surface area (Å²) in [6.45, 7) is 4.58. The molecule has 18 heavy (non-hydrogen) atoms. The van der Waals surface area contributed by atoms with E-state index in [4.69, 9.17) is 4.74 Å². The Morgan fingerprint density at radius 3 is 2.78 bits per heavy atom. The van der Waals surface area contributed by atoms with Gasteiger partial charge in [-0.2, -0.15) is 0 Å². The number of sulfone groups is 1. The molecular formula is C11H19N3O3S. The van der Waals surface area contributed by atoms with Gasteiger partial charge >= 0.3 is 0 Å². The summed E-state index contributed by atoms with van der Waals surface area (Å²) in [5.41, 5.74) is 0. The lowest BCUT2D eigenvalue weighted by atomic mass is 10.5. The summed E-state index contributed by atoms with van der Waals surface area (Å²) in [5, 5.41) is 2.94. The zero-order valence-corrected chi connectivity index (χ0v) is 11.5. The molecule has 0 spiro atoms. The molecule has 0 saturated heterocycles. The van der Waals surface area contributed by atoms with Gasteiger partial charge in [-0.25, -0.2) is 18.4 Å². The SMILES string of the molecule is CCCOc1cc(NCCS(=O)(=O)CC)ncn1. The molecular weight excluding hydrogens is 254 g/mol. The van der Waals surface area contributed by atoms with Gasteiger partial charge in [-0.3, -0.25) is 0 Å². The standard InChI is InChI=1S/C11H19N3O3S/c1-3-6-17-11-8-10(13-9-14-11)12-5-7-18(15,16)4-2/h8-9H,3-7H2,1-2H3,(H,12,13,14). The lowest BCUT2D eigenvalue weighted by molar-refractivity contribution is 0.305. The van der Waals surface area contributed by atoms with Gasteiger partial charge in [-0.1, -0.05) is 13.8 Å². The maximum Gasteiger partial charge on any atom is 0.218 e. The smallest absolute Gasteiger partial charge is 0.218 e. The Labute approximate surface area is 108 Å².